The van der Waals surface area contributed by atoms with E-state index in [1.807, 2.05) is 0 Å². The van der Waals surface area contributed by atoms with Crippen LogP contribution in [-0.2, 0) is 4.74 Å². The van der Waals surface area contributed by atoms with Crippen LogP contribution in [0.15, 0.2) is 6.07 Å². The zero-order chi connectivity index (χ0) is 17.9. The summed E-state index contributed by atoms with van der Waals surface area (Å²) in [4.78, 5) is 24.6. The molecule has 1 N–H and O–H groups in total. The molecule has 0 aromatic carbocycles. The molecule has 2 aliphatic rings. The molecule has 1 amide bonds. The number of nitrogens with zero attached hydrogens (tertiary/aromatic N) is 4. The van der Waals surface area contributed by atoms with Gasteiger partial charge in [-0.3, -0.25) is 9.69 Å². The van der Waals surface area contributed by atoms with E-state index in [4.69, 9.17) is 14.2 Å². The number of amides is 1. The molecular formula is C16H24N4O5. The van der Waals surface area contributed by atoms with Gasteiger partial charge in [-0.2, -0.15) is 9.97 Å². The molecule has 1 unspecified atom stereocenters. The van der Waals surface area contributed by atoms with Crippen molar-refractivity contribution in [3.05, 3.63) is 11.8 Å². The molecule has 1 aromatic heterocycles. The van der Waals surface area contributed by atoms with Gasteiger partial charge >= 0.3 is 6.01 Å². The summed E-state index contributed by atoms with van der Waals surface area (Å²) in [5.74, 6) is -0.00474. The summed E-state index contributed by atoms with van der Waals surface area (Å²) in [5.41, 5.74) is -0.715. The van der Waals surface area contributed by atoms with Gasteiger partial charge in [0.15, 0.2) is 0 Å². The van der Waals surface area contributed by atoms with Gasteiger partial charge < -0.3 is 24.2 Å². The molecule has 9 nitrogen and oxygen atoms in total. The van der Waals surface area contributed by atoms with Crippen molar-refractivity contribution in [1.82, 2.24) is 19.8 Å². The van der Waals surface area contributed by atoms with Crippen molar-refractivity contribution >= 4 is 5.91 Å². The second-order valence-electron chi connectivity index (χ2n) is 6.37. The lowest BCUT2D eigenvalue weighted by atomic mass is 10.0. The Labute approximate surface area is 146 Å². The average molecular weight is 352 g/mol. The molecule has 0 aliphatic carbocycles. The number of hydrogen-bond donors (Lipinski definition) is 1. The van der Waals surface area contributed by atoms with E-state index in [9.17, 15) is 9.90 Å². The smallest absolute Gasteiger partial charge is 0.320 e. The number of aliphatic hydroxyl groups is 1. The van der Waals surface area contributed by atoms with Crippen LogP contribution in [0.1, 0.15) is 16.9 Å². The molecule has 1 atom stereocenters. The van der Waals surface area contributed by atoms with Gasteiger partial charge in [0.1, 0.15) is 5.69 Å². The van der Waals surface area contributed by atoms with Crippen LogP contribution in [0, 0.1) is 0 Å². The van der Waals surface area contributed by atoms with Crippen LogP contribution in [0.25, 0.3) is 0 Å². The molecule has 2 saturated heterocycles. The van der Waals surface area contributed by atoms with Crippen molar-refractivity contribution in [2.24, 2.45) is 0 Å². The fourth-order valence-corrected chi connectivity index (χ4v) is 3.21. The Hall–Kier alpha value is -1.97. The van der Waals surface area contributed by atoms with E-state index in [0.29, 0.717) is 32.7 Å². The van der Waals surface area contributed by atoms with Gasteiger partial charge in [0.25, 0.3) is 5.91 Å². The minimum atomic E-state index is -0.909. The molecule has 138 valence electrons. The first-order valence-corrected chi connectivity index (χ1v) is 8.32. The van der Waals surface area contributed by atoms with Gasteiger partial charge in [0, 0.05) is 32.2 Å². The molecule has 2 aliphatic heterocycles. The molecule has 3 rings (SSSR count). The Kier molecular flexibility index (Phi) is 5.36. The summed E-state index contributed by atoms with van der Waals surface area (Å²) in [6.45, 7) is 4.26. The Balaban J connectivity index is 1.67. The first-order valence-electron chi connectivity index (χ1n) is 8.32. The molecule has 3 heterocycles. The number of hydrogen-bond acceptors (Lipinski definition) is 8. The van der Waals surface area contributed by atoms with E-state index in [1.165, 1.54) is 20.3 Å². The van der Waals surface area contributed by atoms with Gasteiger partial charge in [0.2, 0.25) is 5.88 Å². The number of morpholine rings is 1. The van der Waals surface area contributed by atoms with Gasteiger partial charge in [-0.1, -0.05) is 0 Å². The third-order valence-corrected chi connectivity index (χ3v) is 4.53. The highest BCUT2D eigenvalue weighted by Gasteiger charge is 2.40. The Morgan fingerprint density at radius 3 is 2.72 bits per heavy atom. The maximum atomic E-state index is 12.7. The van der Waals surface area contributed by atoms with Gasteiger partial charge in [-0.15, -0.1) is 0 Å². The maximum absolute atomic E-state index is 12.7. The van der Waals surface area contributed by atoms with Gasteiger partial charge in [-0.25, -0.2) is 0 Å². The molecule has 25 heavy (non-hydrogen) atoms. The first-order chi connectivity index (χ1) is 12.0. The Morgan fingerprint density at radius 1 is 1.28 bits per heavy atom. The van der Waals surface area contributed by atoms with Crippen molar-refractivity contribution in [3.8, 4) is 11.9 Å². The van der Waals surface area contributed by atoms with Crippen LogP contribution in [0.2, 0.25) is 0 Å². The lowest BCUT2D eigenvalue weighted by molar-refractivity contribution is -0.0257. The van der Waals surface area contributed by atoms with Crippen LogP contribution in [-0.4, -0.2) is 96.5 Å². The molecule has 0 saturated carbocycles. The SMILES string of the molecule is COc1cc(C(=O)N2CCC(O)(CN3CCOCC3)C2)nc(OC)n1. The van der Waals surface area contributed by atoms with Crippen molar-refractivity contribution in [2.45, 2.75) is 12.0 Å². The lowest BCUT2D eigenvalue weighted by Crippen LogP contribution is -2.49. The molecule has 0 radical (unpaired) electrons. The second kappa shape index (κ2) is 7.51. The Bertz CT molecular complexity index is 600. The zero-order valence-electron chi connectivity index (χ0n) is 14.6. The van der Waals surface area contributed by atoms with Crippen molar-refractivity contribution < 1.29 is 24.1 Å². The highest BCUT2D eigenvalue weighted by molar-refractivity contribution is 5.93. The fraction of sp³-hybridized carbons (Fsp3) is 0.688. The third kappa shape index (κ3) is 4.17. The number of carbonyl (C=O) groups is 1. The number of aromatic nitrogens is 2. The topological polar surface area (TPSA) is 97.2 Å². The number of rotatable bonds is 5. The monoisotopic (exact) mass is 352 g/mol. The molecule has 0 bridgehead atoms. The number of β-amino-alcohol motifs (C(OH)–C–C–N with tert-alkyl or cyclic N) is 1. The minimum absolute atomic E-state index is 0.0745. The van der Waals surface area contributed by atoms with Crippen LogP contribution in [0.4, 0.5) is 0 Å². The number of likely N-dealkylation sites (tertiary alicyclic amines) is 1. The standard InChI is InChI=1S/C16H24N4O5/c1-23-13-9-12(17-15(18-13)24-2)14(21)20-4-3-16(22,11-20)10-19-5-7-25-8-6-19/h9,22H,3-8,10-11H2,1-2H3. The maximum Gasteiger partial charge on any atom is 0.320 e. The largest absolute Gasteiger partial charge is 0.481 e. The summed E-state index contributed by atoms with van der Waals surface area (Å²) in [6, 6.07) is 1.55. The third-order valence-electron chi connectivity index (χ3n) is 4.53. The van der Waals surface area contributed by atoms with Crippen molar-refractivity contribution in [1.29, 1.82) is 0 Å². The summed E-state index contributed by atoms with van der Waals surface area (Å²) < 4.78 is 15.4. The van der Waals surface area contributed by atoms with Crippen LogP contribution in [0.5, 0.6) is 11.9 Å². The predicted octanol–water partition coefficient (Wildman–Crippen LogP) is -0.597. The average Bonchev–Trinajstić information content (AvgIpc) is 3.03. The summed E-state index contributed by atoms with van der Waals surface area (Å²) >= 11 is 0. The zero-order valence-corrected chi connectivity index (χ0v) is 14.6. The van der Waals surface area contributed by atoms with Crippen LogP contribution >= 0.6 is 0 Å². The molecule has 1 aromatic rings. The summed E-state index contributed by atoms with van der Waals surface area (Å²) in [5, 5.41) is 10.9. The van der Waals surface area contributed by atoms with Crippen molar-refractivity contribution in [3.63, 3.8) is 0 Å². The second-order valence-corrected chi connectivity index (χ2v) is 6.37. The van der Waals surface area contributed by atoms with E-state index >= 15 is 0 Å². The highest BCUT2D eigenvalue weighted by Crippen LogP contribution is 2.25. The predicted molar refractivity (Wildman–Crippen MR) is 87.9 cm³/mol. The number of ether oxygens (including phenoxy) is 3. The van der Waals surface area contributed by atoms with Crippen LogP contribution < -0.4 is 9.47 Å². The van der Waals surface area contributed by atoms with E-state index < -0.39 is 5.60 Å². The quantitative estimate of drug-likeness (QED) is 0.751. The lowest BCUT2D eigenvalue weighted by Gasteiger charge is -2.33. The van der Waals surface area contributed by atoms with E-state index in [1.54, 1.807) is 4.90 Å². The van der Waals surface area contributed by atoms with Crippen LogP contribution in [0.3, 0.4) is 0 Å². The van der Waals surface area contributed by atoms with Crippen molar-refractivity contribution in [2.75, 3.05) is 60.2 Å². The number of methoxy groups -OCH3 is 2. The fourth-order valence-electron chi connectivity index (χ4n) is 3.21. The highest BCUT2D eigenvalue weighted by atomic mass is 16.5. The summed E-state index contributed by atoms with van der Waals surface area (Å²) in [6.07, 6.45) is 0.537. The van der Waals surface area contributed by atoms with E-state index in [-0.39, 0.29) is 30.0 Å². The normalized spacial score (nSPS) is 24.4. The molecule has 0 spiro atoms. The molecular weight excluding hydrogens is 328 g/mol. The number of carbonyl (C=O) groups excluding carboxylic acids is 1. The van der Waals surface area contributed by atoms with Gasteiger partial charge in [0.05, 0.1) is 39.6 Å². The summed E-state index contributed by atoms with van der Waals surface area (Å²) in [7, 11) is 2.90. The van der Waals surface area contributed by atoms with E-state index in [0.717, 1.165) is 13.1 Å². The van der Waals surface area contributed by atoms with Gasteiger partial charge in [-0.05, 0) is 6.42 Å². The van der Waals surface area contributed by atoms with E-state index in [2.05, 4.69) is 14.9 Å². The molecule has 2 fully saturated rings. The first kappa shape index (κ1) is 17.8. The molecule has 9 heteroatoms. The minimum Gasteiger partial charge on any atom is -0.481 e. The Morgan fingerprint density at radius 2 is 2.04 bits per heavy atom.